The van der Waals surface area contributed by atoms with Crippen molar-refractivity contribution in [3.63, 3.8) is 0 Å². The molecule has 8 heteroatoms. The van der Waals surface area contributed by atoms with Crippen LogP contribution in [-0.4, -0.2) is 60.6 Å². The van der Waals surface area contributed by atoms with E-state index in [0.29, 0.717) is 13.1 Å². The first-order valence-corrected chi connectivity index (χ1v) is 6.82. The van der Waals surface area contributed by atoms with Gasteiger partial charge in [0.2, 0.25) is 0 Å². The molecule has 0 aromatic rings. The number of amides is 2. The predicted octanol–water partition coefficient (Wildman–Crippen LogP) is -0.710. The fraction of sp³-hybridized carbons (Fsp3) is 0.778. The Labute approximate surface area is 99.7 Å². The molecule has 0 saturated carbocycles. The number of rotatable bonds is 5. The zero-order chi connectivity index (χ0) is 13.3. The highest BCUT2D eigenvalue weighted by molar-refractivity contribution is 7.93. The average molecular weight is 264 g/mol. The molecule has 7 nitrogen and oxygen atoms in total. The monoisotopic (exact) mass is 264 g/mol. The van der Waals surface area contributed by atoms with Crippen molar-refractivity contribution in [2.24, 2.45) is 0 Å². The summed E-state index contributed by atoms with van der Waals surface area (Å²) in [6.45, 7) is 3.25. The molecule has 1 saturated heterocycles. The maximum atomic E-state index is 11.8. The molecule has 0 atom stereocenters. The lowest BCUT2D eigenvalue weighted by Crippen LogP contribution is -2.44. The van der Waals surface area contributed by atoms with E-state index in [-0.39, 0.29) is 18.3 Å². The smallest absolute Gasteiger partial charge is 0.324 e. The third-order valence-electron chi connectivity index (χ3n) is 2.87. The molecule has 0 radical (unpaired) electrons. The van der Waals surface area contributed by atoms with Crippen molar-refractivity contribution in [1.29, 1.82) is 0 Å². The zero-order valence-electron chi connectivity index (χ0n) is 9.76. The summed E-state index contributed by atoms with van der Waals surface area (Å²) in [5.74, 6) is -1.73. The van der Waals surface area contributed by atoms with Crippen LogP contribution in [0.5, 0.6) is 0 Å². The van der Waals surface area contributed by atoms with Gasteiger partial charge in [-0.3, -0.25) is 4.79 Å². The van der Waals surface area contributed by atoms with Gasteiger partial charge in [0.25, 0.3) is 0 Å². The summed E-state index contributed by atoms with van der Waals surface area (Å²) in [7, 11) is -3.79. The Kier molecular flexibility index (Phi) is 3.65. The fourth-order valence-corrected chi connectivity index (χ4v) is 2.58. The molecule has 1 rings (SSSR count). The Morgan fingerprint density at radius 1 is 1.53 bits per heavy atom. The van der Waals surface area contributed by atoms with Crippen LogP contribution in [0.4, 0.5) is 4.79 Å². The molecule has 2 amide bonds. The van der Waals surface area contributed by atoms with E-state index < -0.39 is 20.6 Å². The molecule has 17 heavy (non-hydrogen) atoms. The Morgan fingerprint density at radius 2 is 2.12 bits per heavy atom. The van der Waals surface area contributed by atoms with Crippen LogP contribution in [0.2, 0.25) is 0 Å². The van der Waals surface area contributed by atoms with Crippen molar-refractivity contribution in [3.05, 3.63) is 0 Å². The average Bonchev–Trinajstić information content (AvgIpc) is 2.60. The van der Waals surface area contributed by atoms with Gasteiger partial charge in [0, 0.05) is 19.6 Å². The van der Waals surface area contributed by atoms with Crippen molar-refractivity contribution in [2.45, 2.75) is 18.6 Å². The van der Waals surface area contributed by atoms with Crippen LogP contribution in [0.25, 0.3) is 0 Å². The Balaban J connectivity index is 2.68. The van der Waals surface area contributed by atoms with Gasteiger partial charge in [0.15, 0.2) is 14.6 Å². The number of carboxylic acids is 1. The summed E-state index contributed by atoms with van der Waals surface area (Å²) >= 11 is 0. The number of nitrogens with zero attached hydrogens (tertiary/aromatic N) is 1. The van der Waals surface area contributed by atoms with Crippen LogP contribution in [0.3, 0.4) is 0 Å². The highest BCUT2D eigenvalue weighted by Gasteiger charge is 2.41. The lowest BCUT2D eigenvalue weighted by Gasteiger charge is -2.21. The number of hydrogen-bond acceptors (Lipinski definition) is 4. The van der Waals surface area contributed by atoms with E-state index in [9.17, 15) is 18.0 Å². The molecule has 0 bridgehead atoms. The molecular weight excluding hydrogens is 248 g/mol. The first kappa shape index (κ1) is 13.8. The van der Waals surface area contributed by atoms with E-state index >= 15 is 0 Å². The molecular formula is C9H16N2O5S. The van der Waals surface area contributed by atoms with Crippen molar-refractivity contribution < 1.29 is 23.1 Å². The quantitative estimate of drug-likeness (QED) is 0.682. The molecule has 0 aliphatic carbocycles. The molecule has 1 fully saturated rings. The minimum Gasteiger partial charge on any atom is -0.480 e. The SMILES string of the molecule is CC(C)(C(=O)O)S(=O)(=O)CCN1CCNC1=O. The molecule has 0 aromatic carbocycles. The van der Waals surface area contributed by atoms with Gasteiger partial charge in [-0.2, -0.15) is 0 Å². The zero-order valence-corrected chi connectivity index (χ0v) is 10.6. The second-order valence-electron chi connectivity index (χ2n) is 4.35. The summed E-state index contributed by atoms with van der Waals surface area (Å²) in [6.07, 6.45) is 0. The van der Waals surface area contributed by atoms with Crippen LogP contribution in [-0.2, 0) is 14.6 Å². The highest BCUT2D eigenvalue weighted by atomic mass is 32.2. The number of carbonyl (C=O) groups excluding carboxylic acids is 1. The minimum atomic E-state index is -3.79. The van der Waals surface area contributed by atoms with Gasteiger partial charge in [-0.25, -0.2) is 13.2 Å². The molecule has 0 spiro atoms. The summed E-state index contributed by atoms with van der Waals surface area (Å²) < 4.78 is 21.8. The number of carboxylic acid groups (broad SMARTS) is 1. The molecule has 1 heterocycles. The van der Waals surface area contributed by atoms with Crippen molar-refractivity contribution >= 4 is 21.8 Å². The van der Waals surface area contributed by atoms with Gasteiger partial charge < -0.3 is 15.3 Å². The molecule has 1 aliphatic heterocycles. The number of aliphatic carboxylic acids is 1. The maximum absolute atomic E-state index is 11.8. The first-order valence-electron chi connectivity index (χ1n) is 5.17. The Bertz CT molecular complexity index is 429. The Morgan fingerprint density at radius 3 is 2.53 bits per heavy atom. The third-order valence-corrected chi connectivity index (χ3v) is 5.32. The lowest BCUT2D eigenvalue weighted by atomic mass is 10.2. The van der Waals surface area contributed by atoms with Crippen LogP contribution >= 0.6 is 0 Å². The topological polar surface area (TPSA) is 104 Å². The van der Waals surface area contributed by atoms with Crippen molar-refractivity contribution in [2.75, 3.05) is 25.4 Å². The van der Waals surface area contributed by atoms with Gasteiger partial charge in [-0.1, -0.05) is 0 Å². The molecule has 1 aliphatic rings. The largest absolute Gasteiger partial charge is 0.480 e. The van der Waals surface area contributed by atoms with Gasteiger partial charge in [-0.15, -0.1) is 0 Å². The van der Waals surface area contributed by atoms with Gasteiger partial charge >= 0.3 is 12.0 Å². The minimum absolute atomic E-state index is 0.0187. The van der Waals surface area contributed by atoms with E-state index in [1.165, 1.54) is 4.90 Å². The molecule has 98 valence electrons. The molecule has 2 N–H and O–H groups in total. The number of hydrogen-bond donors (Lipinski definition) is 2. The highest BCUT2D eigenvalue weighted by Crippen LogP contribution is 2.18. The van der Waals surface area contributed by atoms with Crippen LogP contribution in [0, 0.1) is 0 Å². The van der Waals surface area contributed by atoms with Gasteiger partial charge in [-0.05, 0) is 13.8 Å². The van der Waals surface area contributed by atoms with E-state index in [1.807, 2.05) is 0 Å². The van der Waals surface area contributed by atoms with Gasteiger partial charge in [0.05, 0.1) is 5.75 Å². The normalized spacial score (nSPS) is 17.1. The number of urea groups is 1. The summed E-state index contributed by atoms with van der Waals surface area (Å²) in [5.41, 5.74) is 0. The van der Waals surface area contributed by atoms with Gasteiger partial charge in [0.1, 0.15) is 0 Å². The number of nitrogens with one attached hydrogen (secondary N) is 1. The fourth-order valence-electron chi connectivity index (χ4n) is 1.34. The summed E-state index contributed by atoms with van der Waals surface area (Å²) in [4.78, 5) is 23.4. The van der Waals surface area contributed by atoms with Crippen LogP contribution in [0.15, 0.2) is 0 Å². The first-order chi connectivity index (χ1) is 7.68. The van der Waals surface area contributed by atoms with Crippen molar-refractivity contribution in [3.8, 4) is 0 Å². The van der Waals surface area contributed by atoms with E-state index in [4.69, 9.17) is 5.11 Å². The summed E-state index contributed by atoms with van der Waals surface area (Å²) in [6, 6.07) is -0.312. The second-order valence-corrected chi connectivity index (χ2v) is 7.01. The second kappa shape index (κ2) is 4.52. The van der Waals surface area contributed by atoms with Crippen LogP contribution in [0.1, 0.15) is 13.8 Å². The predicted molar refractivity (Wildman–Crippen MR) is 60.5 cm³/mol. The Hall–Kier alpha value is -1.31. The third kappa shape index (κ3) is 2.68. The lowest BCUT2D eigenvalue weighted by molar-refractivity contribution is -0.139. The standard InChI is InChI=1S/C9H16N2O5S/c1-9(2,7(12)13)17(15,16)6-5-11-4-3-10-8(11)14/h3-6H2,1-2H3,(H,10,14)(H,12,13). The van der Waals surface area contributed by atoms with Crippen molar-refractivity contribution in [1.82, 2.24) is 10.2 Å². The van der Waals surface area contributed by atoms with E-state index in [2.05, 4.69) is 5.32 Å². The van der Waals surface area contributed by atoms with E-state index in [0.717, 1.165) is 13.8 Å². The maximum Gasteiger partial charge on any atom is 0.324 e. The van der Waals surface area contributed by atoms with E-state index in [1.54, 1.807) is 0 Å². The number of sulfone groups is 1. The number of carbonyl (C=O) groups is 2. The molecule has 0 aromatic heterocycles. The van der Waals surface area contributed by atoms with Crippen LogP contribution < -0.4 is 5.32 Å². The summed E-state index contributed by atoms with van der Waals surface area (Å²) in [5, 5.41) is 11.4. The molecule has 0 unspecified atom stereocenters.